The van der Waals surface area contributed by atoms with Crippen LogP contribution in [0.5, 0.6) is 0 Å². The monoisotopic (exact) mass is 355 g/mol. The third-order valence-corrected chi connectivity index (χ3v) is 6.42. The molecule has 0 bridgehead atoms. The molecule has 1 N–H and O–H groups in total. The van der Waals surface area contributed by atoms with Gasteiger partial charge in [0, 0.05) is 18.7 Å². The first-order valence-corrected chi connectivity index (χ1v) is 8.90. The number of fused-ring (bicyclic) bond motifs is 4. The summed E-state index contributed by atoms with van der Waals surface area (Å²) in [6, 6.07) is 13.4. The van der Waals surface area contributed by atoms with E-state index in [0.717, 1.165) is 12.8 Å². The molecule has 4 rings (SSSR count). The van der Waals surface area contributed by atoms with E-state index in [2.05, 4.69) is 6.07 Å². The maximum absolute atomic E-state index is 13.7. The quantitative estimate of drug-likeness (QED) is 0.720. The van der Waals surface area contributed by atoms with E-state index in [1.807, 2.05) is 24.3 Å². The van der Waals surface area contributed by atoms with E-state index in [4.69, 9.17) is 5.41 Å². The number of benzene rings is 1. The number of allylic oxidation sites excluding steroid dienone is 2. The molecule has 1 aliphatic heterocycles. The van der Waals surface area contributed by atoms with Crippen LogP contribution in [0, 0.1) is 56.7 Å². The van der Waals surface area contributed by atoms with E-state index in [9.17, 15) is 20.6 Å². The fraction of sp³-hybridized carbons (Fsp3) is 0.381. The van der Waals surface area contributed by atoms with Crippen molar-refractivity contribution in [3.8, 4) is 18.2 Å². The van der Waals surface area contributed by atoms with Crippen molar-refractivity contribution in [1.29, 1.82) is 21.2 Å². The number of carbonyl (C=O) groups excluding carboxylic acids is 1. The van der Waals surface area contributed by atoms with Crippen molar-refractivity contribution in [3.05, 3.63) is 41.5 Å². The smallest absolute Gasteiger partial charge is 0.241 e. The molecule has 0 radical (unpaired) electrons. The molecule has 0 saturated heterocycles. The molecule has 132 valence electrons. The van der Waals surface area contributed by atoms with E-state index in [1.54, 1.807) is 25.2 Å². The van der Waals surface area contributed by atoms with Crippen LogP contribution in [0.3, 0.4) is 0 Å². The van der Waals surface area contributed by atoms with Gasteiger partial charge < -0.3 is 10.3 Å². The van der Waals surface area contributed by atoms with Gasteiger partial charge in [-0.15, -0.1) is 0 Å². The second kappa shape index (κ2) is 5.53. The summed E-state index contributed by atoms with van der Waals surface area (Å²) in [6.07, 6.45) is 4.13. The summed E-state index contributed by atoms with van der Waals surface area (Å²) in [5.74, 6) is -1.72. The zero-order valence-electron chi connectivity index (χ0n) is 14.9. The zero-order chi connectivity index (χ0) is 19.4. The summed E-state index contributed by atoms with van der Waals surface area (Å²) in [5, 5.41) is 38.7. The minimum Gasteiger partial charge on any atom is -0.314 e. The van der Waals surface area contributed by atoms with Gasteiger partial charge in [-0.2, -0.15) is 15.8 Å². The number of carbonyl (C=O) groups is 1. The van der Waals surface area contributed by atoms with Crippen LogP contribution in [0.2, 0.25) is 0 Å². The number of hydrogen-bond donors (Lipinski definition) is 1. The van der Waals surface area contributed by atoms with Gasteiger partial charge >= 0.3 is 0 Å². The van der Waals surface area contributed by atoms with E-state index in [1.165, 1.54) is 4.90 Å². The van der Waals surface area contributed by atoms with Crippen molar-refractivity contribution in [2.24, 2.45) is 17.3 Å². The third-order valence-electron chi connectivity index (χ3n) is 6.42. The summed E-state index contributed by atoms with van der Waals surface area (Å²) in [6.45, 7) is 0. The van der Waals surface area contributed by atoms with Gasteiger partial charge in [-0.3, -0.25) is 4.79 Å². The fourth-order valence-electron chi connectivity index (χ4n) is 5.29. The Hall–Kier alpha value is -3.43. The second-order valence-electron chi connectivity index (χ2n) is 7.33. The average molecular weight is 355 g/mol. The van der Waals surface area contributed by atoms with Gasteiger partial charge in [-0.05, 0) is 36.5 Å². The predicted molar refractivity (Wildman–Crippen MR) is 97.4 cm³/mol. The zero-order valence-corrected chi connectivity index (χ0v) is 14.9. The number of rotatable bonds is 0. The van der Waals surface area contributed by atoms with Crippen LogP contribution in [0.25, 0.3) is 0 Å². The molecule has 0 aromatic heterocycles. The van der Waals surface area contributed by atoms with Gasteiger partial charge in [0.2, 0.25) is 11.3 Å². The molecule has 3 atom stereocenters. The summed E-state index contributed by atoms with van der Waals surface area (Å²) in [5.41, 5.74) is -1.79. The highest BCUT2D eigenvalue weighted by atomic mass is 16.2. The minimum atomic E-state index is -2.01. The molecule has 27 heavy (non-hydrogen) atoms. The largest absolute Gasteiger partial charge is 0.314 e. The SMILES string of the molecule is CN1C(=O)[C@]2(c3ccccc31)[C@@H]1CCCC=C1[C@@H](C#N)C(=N)C2(C#N)C#N. The van der Waals surface area contributed by atoms with Crippen molar-refractivity contribution in [3.63, 3.8) is 0 Å². The average Bonchev–Trinajstić information content (AvgIpc) is 2.93. The highest BCUT2D eigenvalue weighted by Crippen LogP contribution is 2.63. The molecule has 1 aromatic carbocycles. The van der Waals surface area contributed by atoms with Crippen molar-refractivity contribution in [2.75, 3.05) is 11.9 Å². The topological polar surface area (TPSA) is 116 Å². The van der Waals surface area contributed by atoms with Gasteiger partial charge in [0.05, 0.1) is 23.9 Å². The van der Waals surface area contributed by atoms with E-state index in [0.29, 0.717) is 23.2 Å². The van der Waals surface area contributed by atoms with Gasteiger partial charge in [-0.25, -0.2) is 0 Å². The number of nitriles is 3. The molecule has 1 saturated carbocycles. The molecule has 1 aromatic rings. The number of hydrogen-bond acceptors (Lipinski definition) is 5. The summed E-state index contributed by atoms with van der Waals surface area (Å²) >= 11 is 0. The van der Waals surface area contributed by atoms with Crippen LogP contribution in [0.4, 0.5) is 5.69 Å². The lowest BCUT2D eigenvalue weighted by molar-refractivity contribution is -0.126. The first-order valence-electron chi connectivity index (χ1n) is 8.90. The summed E-state index contributed by atoms with van der Waals surface area (Å²) in [7, 11) is 1.64. The number of likely N-dealkylation sites (N-methyl/N-ethyl adjacent to an activating group) is 1. The molecule has 3 aliphatic rings. The summed E-state index contributed by atoms with van der Waals surface area (Å²) in [4.78, 5) is 15.2. The third kappa shape index (κ3) is 1.67. The first-order chi connectivity index (χ1) is 13.0. The van der Waals surface area contributed by atoms with Crippen molar-refractivity contribution >= 4 is 17.3 Å². The molecular weight excluding hydrogens is 338 g/mol. The van der Waals surface area contributed by atoms with E-state index < -0.39 is 22.7 Å². The Labute approximate surface area is 157 Å². The maximum Gasteiger partial charge on any atom is 0.241 e. The highest BCUT2D eigenvalue weighted by molar-refractivity contribution is 6.16. The molecule has 6 heteroatoms. The molecule has 2 aliphatic carbocycles. The number of anilines is 1. The molecule has 0 unspecified atom stereocenters. The van der Waals surface area contributed by atoms with Gasteiger partial charge in [-0.1, -0.05) is 24.3 Å². The molecular formula is C21H17N5O. The van der Waals surface area contributed by atoms with Crippen LogP contribution >= 0.6 is 0 Å². The van der Waals surface area contributed by atoms with Gasteiger partial charge in [0.25, 0.3) is 0 Å². The van der Waals surface area contributed by atoms with Gasteiger partial charge in [0.1, 0.15) is 11.3 Å². The van der Waals surface area contributed by atoms with Crippen molar-refractivity contribution in [1.82, 2.24) is 0 Å². The van der Waals surface area contributed by atoms with Crippen molar-refractivity contribution in [2.45, 2.75) is 24.7 Å². The molecule has 1 heterocycles. The van der Waals surface area contributed by atoms with Crippen LogP contribution in [-0.2, 0) is 10.2 Å². The second-order valence-corrected chi connectivity index (χ2v) is 7.33. The molecule has 6 nitrogen and oxygen atoms in total. The van der Waals surface area contributed by atoms with E-state index >= 15 is 0 Å². The molecule has 1 amide bonds. The molecule has 1 spiro atoms. The lowest BCUT2D eigenvalue weighted by Gasteiger charge is -2.51. The Bertz CT molecular complexity index is 1020. The normalized spacial score (nSPS) is 30.6. The molecule has 1 fully saturated rings. The number of amides is 1. The summed E-state index contributed by atoms with van der Waals surface area (Å²) < 4.78 is 0. The lowest BCUT2D eigenvalue weighted by Crippen LogP contribution is -2.64. The predicted octanol–water partition coefficient (Wildman–Crippen LogP) is 2.83. The highest BCUT2D eigenvalue weighted by Gasteiger charge is 2.73. The van der Waals surface area contributed by atoms with Crippen LogP contribution in [0.1, 0.15) is 24.8 Å². The first kappa shape index (κ1) is 17.0. The maximum atomic E-state index is 13.7. The number of nitrogens with one attached hydrogen (secondary N) is 1. The lowest BCUT2D eigenvalue weighted by atomic mass is 9.45. The fourth-order valence-corrected chi connectivity index (χ4v) is 5.29. The minimum absolute atomic E-state index is 0.280. The standard InChI is InChI=1S/C21H17N5O/c1-26-17-9-5-4-8-16(17)21(19(26)27)15-7-3-2-6-13(15)14(10-22)18(25)20(21,11-23)12-24/h4-6,8-9,14-15,25H,2-3,7H2,1H3/t14-,15-,21-/m1/s1. The Morgan fingerprint density at radius 2 is 1.93 bits per heavy atom. The Kier molecular flexibility index (Phi) is 3.48. The van der Waals surface area contributed by atoms with Crippen LogP contribution in [-0.4, -0.2) is 18.7 Å². The van der Waals surface area contributed by atoms with Crippen LogP contribution < -0.4 is 4.90 Å². The Balaban J connectivity index is 2.17. The van der Waals surface area contributed by atoms with Crippen molar-refractivity contribution < 1.29 is 4.79 Å². The van der Waals surface area contributed by atoms with E-state index in [-0.39, 0.29) is 11.6 Å². The number of para-hydroxylation sites is 1. The van der Waals surface area contributed by atoms with Gasteiger partial charge in [0.15, 0.2) is 0 Å². The van der Waals surface area contributed by atoms with Crippen LogP contribution in [0.15, 0.2) is 35.9 Å². The Morgan fingerprint density at radius 3 is 2.59 bits per heavy atom. The Morgan fingerprint density at radius 1 is 1.22 bits per heavy atom. The number of nitrogens with zero attached hydrogens (tertiary/aromatic N) is 4.